The molecule has 4 bridgehead atoms. The number of para-hydroxylation sites is 4. The van der Waals surface area contributed by atoms with Crippen LogP contribution in [0.15, 0.2) is 158 Å². The van der Waals surface area contributed by atoms with E-state index in [9.17, 15) is 0 Å². The van der Waals surface area contributed by atoms with Crippen LogP contribution < -0.4 is 9.64 Å². The Morgan fingerprint density at radius 1 is 0.500 bits per heavy atom. The number of aromatic nitrogens is 3. The second-order valence-corrected chi connectivity index (χ2v) is 16.1. The fraction of sp³-hybridized carbons (Fsp3) is 0.204. The van der Waals surface area contributed by atoms with Gasteiger partial charge in [0.2, 0.25) is 0 Å². The van der Waals surface area contributed by atoms with Crippen LogP contribution in [0.25, 0.3) is 33.6 Å². The number of hydrogen-bond donors (Lipinski definition) is 0. The topological polar surface area (TPSA) is 51.1 Å². The van der Waals surface area contributed by atoms with Crippen LogP contribution in [-0.2, 0) is 10.8 Å². The van der Waals surface area contributed by atoms with E-state index in [4.69, 9.17) is 19.7 Å². The highest BCUT2D eigenvalue weighted by Gasteiger charge is 2.59. The number of benzene rings is 4. The molecule has 4 saturated carbocycles. The van der Waals surface area contributed by atoms with Crippen molar-refractivity contribution in [3.63, 3.8) is 0 Å². The van der Waals surface area contributed by atoms with Gasteiger partial charge in [-0.05, 0) is 126 Å². The third-order valence-corrected chi connectivity index (χ3v) is 12.7. The molecular weight excluding hydrogens is 661 g/mol. The quantitative estimate of drug-likeness (QED) is 0.173. The van der Waals surface area contributed by atoms with E-state index in [-0.39, 0.29) is 10.8 Å². The highest BCUT2D eigenvalue weighted by atomic mass is 16.5. The highest BCUT2D eigenvalue weighted by Crippen LogP contribution is 2.66. The van der Waals surface area contributed by atoms with Gasteiger partial charge < -0.3 is 9.64 Å². The number of hydrogen-bond acceptors (Lipinski definition) is 5. The molecule has 3 aromatic heterocycles. The van der Waals surface area contributed by atoms with Crippen molar-refractivity contribution < 1.29 is 4.74 Å². The van der Waals surface area contributed by atoms with Crippen molar-refractivity contribution >= 4 is 17.1 Å². The standard InChI is InChI=1S/C49H40N4O/c1-3-11-35(12-4-1)42-21-37(22-43(52-42)36-13-5-2-6-14-36)38-20-39(29-50-28-38)48-24-33-19-34(25-48)27-49(26-33,32-48)40-23-41(31-51-30-40)53-44-15-7-9-17-46(44)54-47-18-10-8-16-45(47)53/h1-18,20-23,28-31,33-34H,19,24-27,32H2. The van der Waals surface area contributed by atoms with Crippen LogP contribution in [0, 0.1) is 11.8 Å². The Kier molecular flexibility index (Phi) is 7.13. The second-order valence-electron chi connectivity index (χ2n) is 16.1. The third-order valence-electron chi connectivity index (χ3n) is 12.7. The number of nitrogens with zero attached hydrogens (tertiary/aromatic N) is 4. The van der Waals surface area contributed by atoms with Gasteiger partial charge in [0, 0.05) is 35.3 Å². The number of pyridine rings is 3. The van der Waals surface area contributed by atoms with E-state index < -0.39 is 0 Å². The summed E-state index contributed by atoms with van der Waals surface area (Å²) >= 11 is 0. The molecule has 5 heteroatoms. The zero-order chi connectivity index (χ0) is 35.7. The first-order chi connectivity index (χ1) is 26.6. The van der Waals surface area contributed by atoms with Gasteiger partial charge >= 0.3 is 0 Å². The SMILES string of the molecule is c1ccc(-c2cc(-c3cncc(C45CC6CC(C4)CC(c4cncc(N7c8ccccc8Oc8ccccc87)c4)(C6)C5)c3)cc(-c3ccccc3)n2)cc1. The van der Waals surface area contributed by atoms with E-state index in [0.29, 0.717) is 11.8 Å². The predicted molar refractivity (Wildman–Crippen MR) is 215 cm³/mol. The van der Waals surface area contributed by atoms with Crippen LogP contribution >= 0.6 is 0 Å². The maximum atomic E-state index is 6.35. The predicted octanol–water partition coefficient (Wildman–Crippen LogP) is 12.2. The van der Waals surface area contributed by atoms with Crippen LogP contribution in [0.5, 0.6) is 11.5 Å². The molecule has 262 valence electrons. The second kappa shape index (κ2) is 12.2. The summed E-state index contributed by atoms with van der Waals surface area (Å²) in [5, 5.41) is 0. The number of ether oxygens (including phenoxy) is 1. The summed E-state index contributed by atoms with van der Waals surface area (Å²) in [6, 6.07) is 47.1. The normalized spacial score (nSPS) is 23.4. The van der Waals surface area contributed by atoms with Crippen LogP contribution in [0.4, 0.5) is 17.1 Å². The Hall–Kier alpha value is -6.07. The molecule has 5 aliphatic rings. The summed E-state index contributed by atoms with van der Waals surface area (Å²) < 4.78 is 6.35. The van der Waals surface area contributed by atoms with Crippen molar-refractivity contribution in [2.75, 3.05) is 4.90 Å². The molecule has 7 aromatic rings. The van der Waals surface area contributed by atoms with Gasteiger partial charge in [-0.2, -0.15) is 0 Å². The fourth-order valence-electron chi connectivity index (χ4n) is 10.9. The van der Waals surface area contributed by atoms with Gasteiger partial charge in [-0.3, -0.25) is 9.97 Å². The average Bonchev–Trinajstić information content (AvgIpc) is 3.23. The van der Waals surface area contributed by atoms with Crippen molar-refractivity contribution in [2.45, 2.75) is 49.4 Å². The van der Waals surface area contributed by atoms with E-state index in [1.54, 1.807) is 0 Å². The molecule has 4 heterocycles. The Balaban J connectivity index is 0.985. The van der Waals surface area contributed by atoms with E-state index in [2.05, 4.69) is 139 Å². The van der Waals surface area contributed by atoms with Gasteiger partial charge in [0.15, 0.2) is 11.5 Å². The molecule has 4 aliphatic carbocycles. The van der Waals surface area contributed by atoms with Gasteiger partial charge in [-0.25, -0.2) is 4.98 Å². The Labute approximate surface area is 316 Å². The fourth-order valence-corrected chi connectivity index (χ4v) is 10.9. The Morgan fingerprint density at radius 3 is 1.61 bits per heavy atom. The molecule has 4 fully saturated rings. The van der Waals surface area contributed by atoms with Crippen LogP contribution in [0.1, 0.15) is 49.7 Å². The molecule has 2 atom stereocenters. The molecule has 5 nitrogen and oxygen atoms in total. The molecule has 4 aromatic carbocycles. The Bertz CT molecular complexity index is 2410. The zero-order valence-electron chi connectivity index (χ0n) is 30.1. The lowest BCUT2D eigenvalue weighted by Gasteiger charge is -2.62. The molecule has 2 unspecified atom stereocenters. The molecule has 1 aliphatic heterocycles. The summed E-state index contributed by atoms with van der Waals surface area (Å²) in [4.78, 5) is 17.4. The molecule has 0 spiro atoms. The molecular formula is C49H40N4O. The molecule has 0 N–H and O–H groups in total. The molecule has 0 radical (unpaired) electrons. The minimum atomic E-state index is 0.0754. The summed E-state index contributed by atoms with van der Waals surface area (Å²) in [5.41, 5.74) is 12.6. The van der Waals surface area contributed by atoms with Crippen LogP contribution in [0.2, 0.25) is 0 Å². The van der Waals surface area contributed by atoms with Crippen molar-refractivity contribution in [3.8, 4) is 45.1 Å². The monoisotopic (exact) mass is 700 g/mol. The van der Waals surface area contributed by atoms with Crippen molar-refractivity contribution in [1.29, 1.82) is 0 Å². The Morgan fingerprint density at radius 2 is 1.02 bits per heavy atom. The van der Waals surface area contributed by atoms with Crippen LogP contribution in [-0.4, -0.2) is 15.0 Å². The molecule has 54 heavy (non-hydrogen) atoms. The molecule has 0 amide bonds. The lowest BCUT2D eigenvalue weighted by molar-refractivity contribution is -0.0283. The van der Waals surface area contributed by atoms with Gasteiger partial charge in [-0.15, -0.1) is 0 Å². The first kappa shape index (κ1) is 31.5. The van der Waals surface area contributed by atoms with Crippen LogP contribution in [0.3, 0.4) is 0 Å². The maximum absolute atomic E-state index is 6.35. The number of fused-ring (bicyclic) bond motifs is 2. The molecule has 0 saturated heterocycles. The lowest BCUT2D eigenvalue weighted by Crippen LogP contribution is -2.56. The summed E-state index contributed by atoms with van der Waals surface area (Å²) in [7, 11) is 0. The highest BCUT2D eigenvalue weighted by molar-refractivity contribution is 5.86. The molecule has 12 rings (SSSR count). The number of anilines is 3. The van der Waals surface area contributed by atoms with E-state index in [1.165, 1.54) is 43.2 Å². The van der Waals surface area contributed by atoms with Crippen molar-refractivity contribution in [3.05, 3.63) is 169 Å². The summed E-state index contributed by atoms with van der Waals surface area (Å²) in [5.74, 6) is 3.12. The van der Waals surface area contributed by atoms with Gasteiger partial charge in [0.05, 0.1) is 34.6 Å². The minimum absolute atomic E-state index is 0.0754. The van der Waals surface area contributed by atoms with E-state index in [0.717, 1.165) is 68.6 Å². The van der Waals surface area contributed by atoms with Gasteiger partial charge in [0.1, 0.15) is 0 Å². The minimum Gasteiger partial charge on any atom is -0.453 e. The largest absolute Gasteiger partial charge is 0.453 e. The average molecular weight is 701 g/mol. The first-order valence-electron chi connectivity index (χ1n) is 19.3. The van der Waals surface area contributed by atoms with Crippen molar-refractivity contribution in [2.24, 2.45) is 11.8 Å². The summed E-state index contributed by atoms with van der Waals surface area (Å²) in [6.07, 6.45) is 15.8. The lowest BCUT2D eigenvalue weighted by atomic mass is 9.42. The smallest absolute Gasteiger partial charge is 0.151 e. The first-order valence-corrected chi connectivity index (χ1v) is 19.3. The van der Waals surface area contributed by atoms with Gasteiger partial charge in [-0.1, -0.05) is 84.9 Å². The zero-order valence-corrected chi connectivity index (χ0v) is 30.1. The number of rotatable bonds is 6. The van der Waals surface area contributed by atoms with E-state index >= 15 is 0 Å². The van der Waals surface area contributed by atoms with Crippen molar-refractivity contribution in [1.82, 2.24) is 15.0 Å². The maximum Gasteiger partial charge on any atom is 0.151 e. The van der Waals surface area contributed by atoms with E-state index in [1.807, 2.05) is 24.5 Å². The third kappa shape index (κ3) is 5.17. The summed E-state index contributed by atoms with van der Waals surface area (Å²) in [6.45, 7) is 0. The van der Waals surface area contributed by atoms with Gasteiger partial charge in [0.25, 0.3) is 0 Å².